The van der Waals surface area contributed by atoms with E-state index in [1.165, 1.54) is 7.11 Å². The summed E-state index contributed by atoms with van der Waals surface area (Å²) in [6.45, 7) is 0. The number of nitrogens with two attached hydrogens (primary N) is 1. The van der Waals surface area contributed by atoms with Crippen molar-refractivity contribution in [1.29, 1.82) is 0 Å². The van der Waals surface area contributed by atoms with E-state index < -0.39 is 11.9 Å². The number of methoxy groups -OCH3 is 1. The molecule has 2 aliphatic rings. The van der Waals surface area contributed by atoms with Crippen LogP contribution in [0.15, 0.2) is 51.5 Å². The second-order valence-corrected chi connectivity index (χ2v) is 6.29. The van der Waals surface area contributed by atoms with Gasteiger partial charge in [-0.1, -0.05) is 34.1 Å². The molecule has 5 nitrogen and oxygen atoms in total. The summed E-state index contributed by atoms with van der Waals surface area (Å²) >= 11 is 3.50. The number of allylic oxidation sites excluding steroid dienone is 2. The molecule has 0 unspecified atom stereocenters. The number of hydrogen-bond donors (Lipinski definition) is 1. The summed E-state index contributed by atoms with van der Waals surface area (Å²) in [7, 11) is 1.28. The lowest BCUT2D eigenvalue weighted by Gasteiger charge is -2.32. The zero-order valence-electron chi connectivity index (χ0n) is 12.6. The van der Waals surface area contributed by atoms with E-state index in [1.807, 2.05) is 24.3 Å². The predicted octanol–water partition coefficient (Wildman–Crippen LogP) is 2.91. The number of halogens is 1. The fourth-order valence-corrected chi connectivity index (χ4v) is 3.60. The van der Waals surface area contributed by atoms with Gasteiger partial charge in [0.05, 0.1) is 13.0 Å². The quantitative estimate of drug-likeness (QED) is 0.801. The first-order chi connectivity index (χ1) is 11.0. The number of ketones is 1. The summed E-state index contributed by atoms with van der Waals surface area (Å²) in [4.78, 5) is 24.8. The van der Waals surface area contributed by atoms with Gasteiger partial charge in [-0.05, 0) is 18.1 Å². The van der Waals surface area contributed by atoms with Gasteiger partial charge < -0.3 is 15.2 Å². The third kappa shape index (κ3) is 2.67. The van der Waals surface area contributed by atoms with E-state index in [4.69, 9.17) is 15.2 Å². The van der Waals surface area contributed by atoms with Gasteiger partial charge in [-0.15, -0.1) is 0 Å². The molecule has 120 valence electrons. The van der Waals surface area contributed by atoms with Gasteiger partial charge in [0.1, 0.15) is 11.3 Å². The minimum Gasteiger partial charge on any atom is -0.465 e. The highest BCUT2D eigenvalue weighted by Crippen LogP contribution is 2.45. The van der Waals surface area contributed by atoms with Crippen LogP contribution in [-0.4, -0.2) is 18.9 Å². The van der Waals surface area contributed by atoms with Gasteiger partial charge in [0.15, 0.2) is 5.78 Å². The first kappa shape index (κ1) is 15.8. The molecule has 3 rings (SSSR count). The van der Waals surface area contributed by atoms with Crippen LogP contribution < -0.4 is 5.73 Å². The van der Waals surface area contributed by atoms with Crippen LogP contribution in [0.2, 0.25) is 0 Å². The number of carbonyl (C=O) groups excluding carboxylic acids is 2. The van der Waals surface area contributed by atoms with Crippen molar-refractivity contribution in [2.24, 2.45) is 5.73 Å². The fourth-order valence-electron chi connectivity index (χ4n) is 3.09. The lowest BCUT2D eigenvalue weighted by molar-refractivity contribution is -0.136. The van der Waals surface area contributed by atoms with Crippen LogP contribution in [0.5, 0.6) is 0 Å². The van der Waals surface area contributed by atoms with Gasteiger partial charge in [0.25, 0.3) is 0 Å². The Morgan fingerprint density at radius 2 is 2.09 bits per heavy atom. The SMILES string of the molecule is COC(=O)C1=C(N)OC2=C(C(=O)CCC2)[C@@H]1c1ccccc1Br. The van der Waals surface area contributed by atoms with Crippen molar-refractivity contribution in [1.82, 2.24) is 0 Å². The molecular weight excluding hydrogens is 362 g/mol. The van der Waals surface area contributed by atoms with Gasteiger partial charge in [-0.3, -0.25) is 4.79 Å². The molecule has 1 heterocycles. The maximum Gasteiger partial charge on any atom is 0.340 e. The van der Waals surface area contributed by atoms with Crippen molar-refractivity contribution >= 4 is 27.7 Å². The average Bonchev–Trinajstić information content (AvgIpc) is 2.54. The molecule has 0 saturated heterocycles. The molecule has 1 atom stereocenters. The van der Waals surface area contributed by atoms with Crippen LogP contribution in [0.1, 0.15) is 30.7 Å². The normalized spacial score (nSPS) is 21.0. The van der Waals surface area contributed by atoms with Gasteiger partial charge in [0.2, 0.25) is 5.88 Å². The van der Waals surface area contributed by atoms with Gasteiger partial charge in [-0.2, -0.15) is 0 Å². The Morgan fingerprint density at radius 1 is 1.35 bits per heavy atom. The molecule has 1 aliphatic carbocycles. The summed E-state index contributed by atoms with van der Waals surface area (Å²) in [6.07, 6.45) is 1.80. The third-order valence-electron chi connectivity index (χ3n) is 4.11. The maximum absolute atomic E-state index is 12.5. The molecular formula is C17H16BrNO4. The van der Waals surface area contributed by atoms with Crippen molar-refractivity contribution < 1.29 is 19.1 Å². The minimum absolute atomic E-state index is 0.00560. The van der Waals surface area contributed by atoms with E-state index in [2.05, 4.69) is 15.9 Å². The molecule has 2 N–H and O–H groups in total. The number of ether oxygens (including phenoxy) is 2. The van der Waals surface area contributed by atoms with Crippen molar-refractivity contribution in [3.63, 3.8) is 0 Å². The molecule has 0 bridgehead atoms. The summed E-state index contributed by atoms with van der Waals surface area (Å²) in [5.41, 5.74) is 7.46. The highest BCUT2D eigenvalue weighted by atomic mass is 79.9. The summed E-state index contributed by atoms with van der Waals surface area (Å²) in [5.74, 6) is -0.609. The highest BCUT2D eigenvalue weighted by Gasteiger charge is 2.41. The van der Waals surface area contributed by atoms with Crippen molar-refractivity contribution in [2.75, 3.05) is 7.11 Å². The summed E-state index contributed by atoms with van der Waals surface area (Å²) < 4.78 is 11.2. The first-order valence-electron chi connectivity index (χ1n) is 7.31. The molecule has 0 fully saturated rings. The van der Waals surface area contributed by atoms with E-state index in [0.717, 1.165) is 16.5 Å². The molecule has 0 spiro atoms. The Morgan fingerprint density at radius 3 is 2.78 bits per heavy atom. The first-order valence-corrected chi connectivity index (χ1v) is 8.10. The number of Topliss-reactive ketones (excluding diaryl/α,β-unsaturated/α-hetero) is 1. The molecule has 0 saturated carbocycles. The van der Waals surface area contributed by atoms with Crippen LogP contribution in [-0.2, 0) is 19.1 Å². The van der Waals surface area contributed by atoms with Gasteiger partial charge >= 0.3 is 5.97 Å². The van der Waals surface area contributed by atoms with Crippen LogP contribution in [0.4, 0.5) is 0 Å². The Bertz CT molecular complexity index is 751. The van der Waals surface area contributed by atoms with Gasteiger partial charge in [0, 0.05) is 22.9 Å². The number of esters is 1. The molecule has 1 aliphatic heterocycles. The summed E-state index contributed by atoms with van der Waals surface area (Å²) in [6, 6.07) is 7.45. The largest absolute Gasteiger partial charge is 0.465 e. The number of carbonyl (C=O) groups is 2. The van der Waals surface area contributed by atoms with E-state index >= 15 is 0 Å². The van der Waals surface area contributed by atoms with E-state index in [9.17, 15) is 9.59 Å². The lowest BCUT2D eigenvalue weighted by atomic mass is 9.77. The summed E-state index contributed by atoms with van der Waals surface area (Å²) in [5, 5.41) is 0. The van der Waals surface area contributed by atoms with Crippen molar-refractivity contribution in [3.8, 4) is 0 Å². The van der Waals surface area contributed by atoms with E-state index in [1.54, 1.807) is 0 Å². The Kier molecular flexibility index (Phi) is 4.26. The molecule has 0 amide bonds. The molecule has 0 aromatic heterocycles. The highest BCUT2D eigenvalue weighted by molar-refractivity contribution is 9.10. The number of rotatable bonds is 2. The zero-order valence-corrected chi connectivity index (χ0v) is 14.2. The topological polar surface area (TPSA) is 78.6 Å². The van der Waals surface area contributed by atoms with Crippen molar-refractivity contribution in [2.45, 2.75) is 25.2 Å². The second-order valence-electron chi connectivity index (χ2n) is 5.44. The van der Waals surface area contributed by atoms with Crippen LogP contribution in [0, 0.1) is 0 Å². The minimum atomic E-state index is -0.590. The average molecular weight is 378 g/mol. The van der Waals surface area contributed by atoms with Crippen molar-refractivity contribution in [3.05, 3.63) is 57.1 Å². The fraction of sp³-hybridized carbons (Fsp3) is 0.294. The molecule has 6 heteroatoms. The van der Waals surface area contributed by atoms with Crippen LogP contribution in [0.3, 0.4) is 0 Å². The number of hydrogen-bond acceptors (Lipinski definition) is 5. The zero-order chi connectivity index (χ0) is 16.6. The Hall–Kier alpha value is -2.08. The maximum atomic E-state index is 12.5. The molecule has 23 heavy (non-hydrogen) atoms. The van der Waals surface area contributed by atoms with E-state index in [0.29, 0.717) is 24.2 Å². The predicted molar refractivity (Wildman–Crippen MR) is 87.1 cm³/mol. The number of benzene rings is 1. The smallest absolute Gasteiger partial charge is 0.340 e. The lowest BCUT2D eigenvalue weighted by Crippen LogP contribution is -2.31. The standard InChI is InChI=1S/C17H16BrNO4/c1-22-17(21)15-13(9-5-2-3-6-10(9)18)14-11(20)7-4-8-12(14)23-16(15)19/h2-3,5-6,13H,4,7-8,19H2,1H3/t13-/m0/s1. The van der Waals surface area contributed by atoms with Crippen LogP contribution >= 0.6 is 15.9 Å². The van der Waals surface area contributed by atoms with Gasteiger partial charge in [-0.25, -0.2) is 4.79 Å². The Labute approximate surface area is 142 Å². The second kappa shape index (κ2) is 6.20. The third-order valence-corrected chi connectivity index (χ3v) is 4.83. The van der Waals surface area contributed by atoms with E-state index in [-0.39, 0.29) is 17.2 Å². The molecule has 0 radical (unpaired) electrons. The molecule has 1 aromatic carbocycles. The molecule has 1 aromatic rings. The Balaban J connectivity index is 2.23. The monoisotopic (exact) mass is 377 g/mol. The van der Waals surface area contributed by atoms with Crippen LogP contribution in [0.25, 0.3) is 0 Å².